The lowest BCUT2D eigenvalue weighted by Gasteiger charge is -2.08. The Morgan fingerprint density at radius 3 is 2.32 bits per heavy atom. The summed E-state index contributed by atoms with van der Waals surface area (Å²) in [5.41, 5.74) is 0.892. The molecule has 3 amide bonds. The largest absolute Gasteiger partial charge is 0.416 e. The van der Waals surface area contributed by atoms with Gasteiger partial charge in [-0.25, -0.2) is 0 Å². The van der Waals surface area contributed by atoms with E-state index in [1.165, 1.54) is 31.3 Å². The Morgan fingerprint density at radius 2 is 1.68 bits per heavy atom. The van der Waals surface area contributed by atoms with Crippen LogP contribution in [0.4, 0.5) is 18.9 Å². The highest BCUT2D eigenvalue weighted by molar-refractivity contribution is 6.21. The molecule has 1 heterocycles. The molecule has 1 N–H and O–H groups in total. The molecule has 0 bridgehead atoms. The number of rotatable bonds is 3. The number of carbonyl (C=O) groups is 3. The summed E-state index contributed by atoms with van der Waals surface area (Å²) in [5, 5.41) is 2.72. The van der Waals surface area contributed by atoms with Gasteiger partial charge in [-0.05, 0) is 48.2 Å². The predicted molar refractivity (Wildman–Crippen MR) is 93.8 cm³/mol. The van der Waals surface area contributed by atoms with Gasteiger partial charge in [0.25, 0.3) is 11.8 Å². The monoisotopic (exact) mass is 388 g/mol. The number of carbonyl (C=O) groups excluding carboxylic acids is 3. The molecule has 1 fully saturated rings. The number of hydrogen-bond acceptors (Lipinski definition) is 3. The number of hydrogen-bond donors (Lipinski definition) is 1. The minimum Gasteiger partial charge on any atom is -0.326 e. The van der Waals surface area contributed by atoms with Crippen molar-refractivity contribution in [3.63, 3.8) is 0 Å². The van der Waals surface area contributed by atoms with Gasteiger partial charge in [0, 0.05) is 18.7 Å². The summed E-state index contributed by atoms with van der Waals surface area (Å²) in [6.07, 6.45) is -3.85. The maximum Gasteiger partial charge on any atom is 0.416 e. The van der Waals surface area contributed by atoms with Gasteiger partial charge in [-0.15, -0.1) is 0 Å². The van der Waals surface area contributed by atoms with E-state index in [0.29, 0.717) is 23.2 Å². The van der Waals surface area contributed by atoms with Crippen molar-refractivity contribution >= 4 is 23.4 Å². The van der Waals surface area contributed by atoms with Crippen LogP contribution in [0.2, 0.25) is 0 Å². The molecule has 0 radical (unpaired) electrons. The third-order valence-corrected chi connectivity index (χ3v) is 5.15. The second kappa shape index (κ2) is 6.19. The molecule has 2 aliphatic rings. The summed E-state index contributed by atoms with van der Waals surface area (Å²) >= 11 is 0. The minimum absolute atomic E-state index is 0.133. The molecule has 28 heavy (non-hydrogen) atoms. The Morgan fingerprint density at radius 1 is 1.04 bits per heavy atom. The molecular weight excluding hydrogens is 373 g/mol. The summed E-state index contributed by atoms with van der Waals surface area (Å²) < 4.78 is 37.9. The summed E-state index contributed by atoms with van der Waals surface area (Å²) in [6, 6.07) is 9.34. The summed E-state index contributed by atoms with van der Waals surface area (Å²) in [4.78, 5) is 37.4. The van der Waals surface area contributed by atoms with Gasteiger partial charge >= 0.3 is 6.18 Å². The number of alkyl halides is 3. The number of anilines is 1. The van der Waals surface area contributed by atoms with Gasteiger partial charge < -0.3 is 5.32 Å². The smallest absolute Gasteiger partial charge is 0.326 e. The lowest BCUT2D eigenvalue weighted by Crippen LogP contribution is -2.24. The zero-order valence-electron chi connectivity index (χ0n) is 14.7. The van der Waals surface area contributed by atoms with Crippen LogP contribution in [0.1, 0.15) is 44.2 Å². The highest BCUT2D eigenvalue weighted by Crippen LogP contribution is 2.48. The van der Waals surface area contributed by atoms with Crippen molar-refractivity contribution < 1.29 is 27.6 Å². The number of nitrogens with one attached hydrogen (secondary N) is 1. The first-order valence-corrected chi connectivity index (χ1v) is 8.61. The van der Waals surface area contributed by atoms with E-state index in [4.69, 9.17) is 0 Å². The third kappa shape index (κ3) is 3.04. The SMILES string of the molecule is CN1C(=O)c2ccc(NC(=O)C3CC3c3ccc(C(F)(F)F)cc3)cc2C1=O. The first kappa shape index (κ1) is 18.2. The van der Waals surface area contributed by atoms with Crippen LogP contribution in [-0.2, 0) is 11.0 Å². The van der Waals surface area contributed by atoms with E-state index in [1.54, 1.807) is 6.07 Å². The number of fused-ring (bicyclic) bond motifs is 1. The fourth-order valence-corrected chi connectivity index (χ4v) is 3.45. The molecular formula is C20H15F3N2O3. The fourth-order valence-electron chi connectivity index (χ4n) is 3.45. The van der Waals surface area contributed by atoms with Gasteiger partial charge in [0.1, 0.15) is 0 Å². The summed E-state index contributed by atoms with van der Waals surface area (Å²) in [7, 11) is 1.39. The van der Waals surface area contributed by atoms with Gasteiger partial charge in [-0.3, -0.25) is 19.3 Å². The van der Waals surface area contributed by atoms with Gasteiger partial charge in [0.2, 0.25) is 5.91 Å². The lowest BCUT2D eigenvalue weighted by molar-refractivity contribution is -0.137. The quantitative estimate of drug-likeness (QED) is 0.816. The second-order valence-electron chi connectivity index (χ2n) is 6.99. The fraction of sp³-hybridized carbons (Fsp3) is 0.250. The van der Waals surface area contributed by atoms with Crippen LogP contribution in [0.5, 0.6) is 0 Å². The van der Waals surface area contributed by atoms with E-state index in [1.807, 2.05) is 0 Å². The molecule has 2 aromatic carbocycles. The van der Waals surface area contributed by atoms with Crippen molar-refractivity contribution in [2.75, 3.05) is 12.4 Å². The third-order valence-electron chi connectivity index (χ3n) is 5.15. The highest BCUT2D eigenvalue weighted by atomic mass is 19.4. The summed E-state index contributed by atoms with van der Waals surface area (Å²) in [5.74, 6) is -1.56. The zero-order chi connectivity index (χ0) is 20.2. The van der Waals surface area contributed by atoms with Crippen molar-refractivity contribution in [3.8, 4) is 0 Å². The molecule has 0 spiro atoms. The van der Waals surface area contributed by atoms with Crippen molar-refractivity contribution in [1.82, 2.24) is 4.90 Å². The first-order chi connectivity index (χ1) is 13.2. The Bertz CT molecular complexity index is 999. The maximum absolute atomic E-state index is 12.6. The highest BCUT2D eigenvalue weighted by Gasteiger charge is 2.44. The standard InChI is InChI=1S/C20H15F3N2O3/c1-25-18(27)13-7-6-12(8-16(13)19(25)28)24-17(26)15-9-14(15)10-2-4-11(5-3-10)20(21,22)23/h2-8,14-15H,9H2,1H3,(H,24,26). The van der Waals surface area contributed by atoms with E-state index >= 15 is 0 Å². The van der Waals surface area contributed by atoms with Crippen molar-refractivity contribution in [3.05, 3.63) is 64.7 Å². The molecule has 2 unspecified atom stereocenters. The number of amides is 3. The van der Waals surface area contributed by atoms with Crippen LogP contribution >= 0.6 is 0 Å². The molecule has 2 atom stereocenters. The van der Waals surface area contributed by atoms with Crippen LogP contribution in [0.15, 0.2) is 42.5 Å². The van der Waals surface area contributed by atoms with Crippen molar-refractivity contribution in [2.45, 2.75) is 18.5 Å². The molecule has 2 aromatic rings. The van der Waals surface area contributed by atoms with Gasteiger partial charge in [-0.1, -0.05) is 12.1 Å². The summed E-state index contributed by atoms with van der Waals surface area (Å²) in [6.45, 7) is 0. The second-order valence-corrected chi connectivity index (χ2v) is 6.99. The lowest BCUT2D eigenvalue weighted by atomic mass is 10.1. The normalized spacial score (nSPS) is 20.9. The number of imide groups is 1. The number of nitrogens with zero attached hydrogens (tertiary/aromatic N) is 1. The number of halogens is 3. The Kier molecular flexibility index (Phi) is 4.02. The van der Waals surface area contributed by atoms with Crippen LogP contribution in [0, 0.1) is 5.92 Å². The van der Waals surface area contributed by atoms with Crippen LogP contribution in [-0.4, -0.2) is 29.7 Å². The predicted octanol–water partition coefficient (Wildman–Crippen LogP) is 3.67. The van der Waals surface area contributed by atoms with E-state index < -0.39 is 17.6 Å². The van der Waals surface area contributed by atoms with Gasteiger partial charge in [0.15, 0.2) is 0 Å². The molecule has 1 aliphatic heterocycles. The Labute approximate surface area is 158 Å². The van der Waals surface area contributed by atoms with E-state index in [0.717, 1.165) is 17.0 Å². The van der Waals surface area contributed by atoms with E-state index in [-0.39, 0.29) is 29.2 Å². The molecule has 4 rings (SSSR count). The molecule has 1 saturated carbocycles. The Balaban J connectivity index is 1.44. The number of benzene rings is 2. The molecule has 144 valence electrons. The van der Waals surface area contributed by atoms with E-state index in [2.05, 4.69) is 5.32 Å². The molecule has 1 aliphatic carbocycles. The molecule has 8 heteroatoms. The molecule has 0 saturated heterocycles. The van der Waals surface area contributed by atoms with E-state index in [9.17, 15) is 27.6 Å². The molecule has 0 aromatic heterocycles. The van der Waals surface area contributed by atoms with Crippen LogP contribution in [0.3, 0.4) is 0 Å². The Hall–Kier alpha value is -3.16. The van der Waals surface area contributed by atoms with Crippen molar-refractivity contribution in [1.29, 1.82) is 0 Å². The average Bonchev–Trinajstić information content (AvgIpc) is 3.43. The van der Waals surface area contributed by atoms with Crippen LogP contribution < -0.4 is 5.32 Å². The van der Waals surface area contributed by atoms with Gasteiger partial charge in [-0.2, -0.15) is 13.2 Å². The molecule has 5 nitrogen and oxygen atoms in total. The van der Waals surface area contributed by atoms with Crippen LogP contribution in [0.25, 0.3) is 0 Å². The van der Waals surface area contributed by atoms with Crippen molar-refractivity contribution in [2.24, 2.45) is 5.92 Å². The topological polar surface area (TPSA) is 66.5 Å². The average molecular weight is 388 g/mol. The first-order valence-electron chi connectivity index (χ1n) is 8.61. The minimum atomic E-state index is -4.39. The maximum atomic E-state index is 12.6. The van der Waals surface area contributed by atoms with Gasteiger partial charge in [0.05, 0.1) is 16.7 Å². The zero-order valence-corrected chi connectivity index (χ0v) is 14.7.